The van der Waals surface area contributed by atoms with E-state index in [9.17, 15) is 0 Å². The second-order valence-corrected chi connectivity index (χ2v) is 6.07. The molecule has 1 rings (SSSR count). The molecule has 108 valence electrons. The molecule has 0 aliphatic heterocycles. The molecule has 2 nitrogen and oxygen atoms in total. The van der Waals surface area contributed by atoms with Crippen molar-refractivity contribution in [2.75, 3.05) is 18.0 Å². The van der Waals surface area contributed by atoms with Crippen molar-refractivity contribution in [3.05, 3.63) is 28.2 Å². The Morgan fingerprint density at radius 3 is 2.26 bits per heavy atom. The molecular weight excluding hydrogens is 300 g/mol. The molecule has 0 saturated carbocycles. The van der Waals surface area contributed by atoms with Gasteiger partial charge in [0.25, 0.3) is 0 Å². The van der Waals surface area contributed by atoms with Crippen LogP contribution in [-0.4, -0.2) is 13.1 Å². The number of halogens is 1. The van der Waals surface area contributed by atoms with Crippen LogP contribution in [0.5, 0.6) is 0 Å². The van der Waals surface area contributed by atoms with E-state index in [1.807, 2.05) is 6.92 Å². The number of hydrogen-bond donors (Lipinski definition) is 1. The quantitative estimate of drug-likeness (QED) is 0.784. The van der Waals surface area contributed by atoms with Crippen molar-refractivity contribution in [1.29, 1.82) is 0 Å². The van der Waals surface area contributed by atoms with Crippen molar-refractivity contribution >= 4 is 21.6 Å². The Bertz CT molecular complexity index is 386. The average Bonchev–Trinajstić information content (AvgIpc) is 2.39. The van der Waals surface area contributed by atoms with Gasteiger partial charge in [0.05, 0.1) is 0 Å². The monoisotopic (exact) mass is 326 g/mol. The smallest absolute Gasteiger partial charge is 0.0377 e. The fourth-order valence-electron chi connectivity index (χ4n) is 2.36. The van der Waals surface area contributed by atoms with E-state index in [0.717, 1.165) is 23.5 Å². The SMILES string of the molecule is CCC(CC)CN(CC)c1ccc([C@H](C)N)c(Br)c1. The first kappa shape index (κ1) is 16.5. The molecule has 0 aliphatic rings. The van der Waals surface area contributed by atoms with Crippen LogP contribution in [-0.2, 0) is 0 Å². The summed E-state index contributed by atoms with van der Waals surface area (Å²) >= 11 is 3.64. The summed E-state index contributed by atoms with van der Waals surface area (Å²) in [7, 11) is 0. The maximum absolute atomic E-state index is 5.95. The minimum atomic E-state index is 0.0672. The van der Waals surface area contributed by atoms with Crippen LogP contribution in [0.2, 0.25) is 0 Å². The van der Waals surface area contributed by atoms with Crippen molar-refractivity contribution in [2.24, 2.45) is 11.7 Å². The third kappa shape index (κ3) is 4.50. The van der Waals surface area contributed by atoms with Gasteiger partial charge in [-0.2, -0.15) is 0 Å². The number of benzene rings is 1. The lowest BCUT2D eigenvalue weighted by Crippen LogP contribution is -2.29. The lowest BCUT2D eigenvalue weighted by molar-refractivity contribution is 0.486. The van der Waals surface area contributed by atoms with Crippen molar-refractivity contribution in [2.45, 2.75) is 46.6 Å². The Hall–Kier alpha value is -0.540. The summed E-state index contributed by atoms with van der Waals surface area (Å²) in [6.45, 7) is 11.0. The predicted octanol–water partition coefficient (Wildman–Crippen LogP) is 4.73. The first-order chi connectivity index (χ1) is 9.03. The van der Waals surface area contributed by atoms with Crippen molar-refractivity contribution in [1.82, 2.24) is 0 Å². The zero-order valence-electron chi connectivity index (χ0n) is 12.6. The highest BCUT2D eigenvalue weighted by molar-refractivity contribution is 9.10. The molecular formula is C16H27BrN2. The largest absolute Gasteiger partial charge is 0.372 e. The molecule has 1 atom stereocenters. The molecule has 0 spiro atoms. The van der Waals surface area contributed by atoms with E-state index in [1.165, 1.54) is 24.1 Å². The van der Waals surface area contributed by atoms with Gasteiger partial charge in [-0.15, -0.1) is 0 Å². The lowest BCUT2D eigenvalue weighted by Gasteiger charge is -2.28. The molecule has 3 heteroatoms. The molecule has 0 saturated heterocycles. The summed E-state index contributed by atoms with van der Waals surface area (Å²) in [4.78, 5) is 2.45. The van der Waals surface area contributed by atoms with Gasteiger partial charge in [-0.3, -0.25) is 0 Å². The summed E-state index contributed by atoms with van der Waals surface area (Å²) < 4.78 is 1.11. The third-order valence-electron chi connectivity index (χ3n) is 3.85. The maximum atomic E-state index is 5.95. The van der Waals surface area contributed by atoms with Gasteiger partial charge in [0.15, 0.2) is 0 Å². The van der Waals surface area contributed by atoms with Gasteiger partial charge in [0.1, 0.15) is 0 Å². The third-order valence-corrected chi connectivity index (χ3v) is 4.54. The summed E-state index contributed by atoms with van der Waals surface area (Å²) in [6, 6.07) is 6.59. The van der Waals surface area contributed by atoms with Crippen LogP contribution in [0.1, 0.15) is 52.1 Å². The molecule has 0 amide bonds. The van der Waals surface area contributed by atoms with Gasteiger partial charge in [-0.05, 0) is 37.5 Å². The first-order valence-electron chi connectivity index (χ1n) is 7.33. The highest BCUT2D eigenvalue weighted by Crippen LogP contribution is 2.28. The van der Waals surface area contributed by atoms with Crippen LogP contribution in [0.15, 0.2) is 22.7 Å². The maximum Gasteiger partial charge on any atom is 0.0377 e. The zero-order chi connectivity index (χ0) is 14.4. The van der Waals surface area contributed by atoms with Gasteiger partial charge >= 0.3 is 0 Å². The predicted molar refractivity (Wildman–Crippen MR) is 88.7 cm³/mol. The molecule has 0 aliphatic carbocycles. The molecule has 0 bridgehead atoms. The van der Waals surface area contributed by atoms with E-state index in [2.05, 4.69) is 59.8 Å². The van der Waals surface area contributed by atoms with Gasteiger partial charge in [0, 0.05) is 29.3 Å². The Labute approximate surface area is 126 Å². The number of rotatable bonds is 7. The Morgan fingerprint density at radius 1 is 1.21 bits per heavy atom. The lowest BCUT2D eigenvalue weighted by atomic mass is 10.0. The minimum absolute atomic E-state index is 0.0672. The summed E-state index contributed by atoms with van der Waals surface area (Å²) in [5, 5.41) is 0. The van der Waals surface area contributed by atoms with E-state index < -0.39 is 0 Å². The van der Waals surface area contributed by atoms with Crippen LogP contribution in [0, 0.1) is 5.92 Å². The van der Waals surface area contributed by atoms with Crippen LogP contribution in [0.3, 0.4) is 0 Å². The molecule has 1 aromatic carbocycles. The van der Waals surface area contributed by atoms with Crippen LogP contribution in [0.4, 0.5) is 5.69 Å². The fraction of sp³-hybridized carbons (Fsp3) is 0.625. The number of anilines is 1. The molecule has 0 radical (unpaired) electrons. The van der Waals surface area contributed by atoms with Crippen molar-refractivity contribution in [3.8, 4) is 0 Å². The van der Waals surface area contributed by atoms with Gasteiger partial charge in [0.2, 0.25) is 0 Å². The van der Waals surface area contributed by atoms with Gasteiger partial charge < -0.3 is 10.6 Å². The standard InChI is InChI=1S/C16H27BrN2/c1-5-13(6-2)11-19(7-3)14-8-9-15(12(4)18)16(17)10-14/h8-10,12-13H,5-7,11,18H2,1-4H3/t12-/m0/s1. The first-order valence-corrected chi connectivity index (χ1v) is 8.12. The van der Waals surface area contributed by atoms with Crippen molar-refractivity contribution < 1.29 is 0 Å². The highest BCUT2D eigenvalue weighted by atomic mass is 79.9. The minimum Gasteiger partial charge on any atom is -0.372 e. The second-order valence-electron chi connectivity index (χ2n) is 5.22. The average molecular weight is 327 g/mol. The molecule has 1 aromatic rings. The molecule has 0 heterocycles. The highest BCUT2D eigenvalue weighted by Gasteiger charge is 2.13. The molecule has 0 unspecified atom stereocenters. The molecule has 2 N–H and O–H groups in total. The topological polar surface area (TPSA) is 29.3 Å². The van der Waals surface area contributed by atoms with E-state index in [0.29, 0.717) is 0 Å². The van der Waals surface area contributed by atoms with E-state index >= 15 is 0 Å². The summed E-state index contributed by atoms with van der Waals surface area (Å²) in [5.74, 6) is 0.770. The normalized spacial score (nSPS) is 12.8. The van der Waals surface area contributed by atoms with Gasteiger partial charge in [-0.1, -0.05) is 48.7 Å². The fourth-order valence-corrected chi connectivity index (χ4v) is 3.09. The second kappa shape index (κ2) is 7.91. The van der Waals surface area contributed by atoms with E-state index in [1.54, 1.807) is 0 Å². The van der Waals surface area contributed by atoms with Crippen LogP contribution >= 0.6 is 15.9 Å². The number of nitrogens with two attached hydrogens (primary N) is 1. The van der Waals surface area contributed by atoms with Gasteiger partial charge in [-0.25, -0.2) is 0 Å². The summed E-state index contributed by atoms with van der Waals surface area (Å²) in [6.07, 6.45) is 2.48. The number of nitrogens with zero attached hydrogens (tertiary/aromatic N) is 1. The zero-order valence-corrected chi connectivity index (χ0v) is 14.2. The van der Waals surface area contributed by atoms with Crippen LogP contribution in [0.25, 0.3) is 0 Å². The molecule has 0 aromatic heterocycles. The molecule has 0 fully saturated rings. The molecule has 19 heavy (non-hydrogen) atoms. The summed E-state index contributed by atoms with van der Waals surface area (Å²) in [5.41, 5.74) is 8.41. The van der Waals surface area contributed by atoms with Crippen LogP contribution < -0.4 is 10.6 Å². The van der Waals surface area contributed by atoms with Crippen molar-refractivity contribution in [3.63, 3.8) is 0 Å². The Balaban J connectivity index is 2.90. The number of hydrogen-bond acceptors (Lipinski definition) is 2. The Morgan fingerprint density at radius 2 is 1.84 bits per heavy atom. The Kier molecular flexibility index (Phi) is 6.87. The van der Waals surface area contributed by atoms with E-state index in [4.69, 9.17) is 5.73 Å². The van der Waals surface area contributed by atoms with E-state index in [-0.39, 0.29) is 6.04 Å².